The third kappa shape index (κ3) is 3.70. The number of aliphatic hydroxyl groups is 1. The van der Waals surface area contributed by atoms with Crippen molar-refractivity contribution in [1.29, 1.82) is 0 Å². The fourth-order valence-electron chi connectivity index (χ4n) is 2.78. The molecule has 0 spiro atoms. The van der Waals surface area contributed by atoms with Gasteiger partial charge in [0.15, 0.2) is 0 Å². The van der Waals surface area contributed by atoms with Crippen LogP contribution in [0.25, 0.3) is 0 Å². The third-order valence-corrected chi connectivity index (χ3v) is 3.43. The molecule has 0 aromatic heterocycles. The van der Waals surface area contributed by atoms with Crippen LogP contribution in [0.4, 0.5) is 0 Å². The van der Waals surface area contributed by atoms with E-state index in [0.717, 1.165) is 0 Å². The van der Waals surface area contributed by atoms with Crippen LogP contribution in [0.5, 0.6) is 0 Å². The lowest BCUT2D eigenvalue weighted by molar-refractivity contribution is -0.149. The van der Waals surface area contributed by atoms with Crippen LogP contribution in [0.3, 0.4) is 0 Å². The molecule has 1 rings (SSSR count). The summed E-state index contributed by atoms with van der Waals surface area (Å²) in [5, 5.41) is 18.8. The van der Waals surface area contributed by atoms with Gasteiger partial charge in [-0.25, -0.2) is 0 Å². The van der Waals surface area contributed by atoms with Gasteiger partial charge in [0.2, 0.25) is 5.91 Å². The molecule has 2 N–H and O–H groups in total. The van der Waals surface area contributed by atoms with E-state index in [-0.39, 0.29) is 18.4 Å². The highest BCUT2D eigenvalue weighted by molar-refractivity contribution is 5.85. The molecule has 1 saturated carbocycles. The minimum atomic E-state index is -0.965. The van der Waals surface area contributed by atoms with Gasteiger partial charge in [0, 0.05) is 13.6 Å². The number of likely N-dealkylation sites (N-methyl/N-ethyl adjacent to an activating group) is 1. The van der Waals surface area contributed by atoms with Gasteiger partial charge in [0.1, 0.15) is 0 Å². The molecule has 0 saturated heterocycles. The van der Waals surface area contributed by atoms with Crippen molar-refractivity contribution in [2.45, 2.75) is 39.2 Å². The molecule has 0 aromatic carbocycles. The van der Waals surface area contributed by atoms with E-state index in [0.29, 0.717) is 12.8 Å². The molecule has 0 aliphatic heterocycles. The van der Waals surface area contributed by atoms with Crippen molar-refractivity contribution < 1.29 is 19.8 Å². The van der Waals surface area contributed by atoms with Crippen LogP contribution >= 0.6 is 0 Å². The molecule has 5 heteroatoms. The maximum Gasteiger partial charge on any atom is 0.307 e. The van der Waals surface area contributed by atoms with Crippen LogP contribution < -0.4 is 0 Å². The van der Waals surface area contributed by atoms with Crippen LogP contribution in [0, 0.1) is 17.8 Å². The molecule has 0 aromatic rings. The maximum atomic E-state index is 12.2. The molecule has 18 heavy (non-hydrogen) atoms. The van der Waals surface area contributed by atoms with Crippen LogP contribution in [0.15, 0.2) is 0 Å². The smallest absolute Gasteiger partial charge is 0.307 e. The number of aliphatic carboxylic acids is 1. The van der Waals surface area contributed by atoms with Crippen molar-refractivity contribution in [2.75, 3.05) is 13.6 Å². The zero-order valence-electron chi connectivity index (χ0n) is 11.5. The van der Waals surface area contributed by atoms with Crippen LogP contribution in [0.1, 0.15) is 33.6 Å². The second kappa shape index (κ2) is 5.26. The number of hydrogen-bond donors (Lipinski definition) is 2. The lowest BCUT2D eigenvalue weighted by atomic mass is 9.94. The van der Waals surface area contributed by atoms with Gasteiger partial charge in [-0.1, -0.05) is 6.92 Å². The first-order valence-electron chi connectivity index (χ1n) is 6.32. The predicted octanol–water partition coefficient (Wildman–Crippen LogP) is 0.963. The first-order valence-corrected chi connectivity index (χ1v) is 6.32. The number of rotatable bonds is 4. The highest BCUT2D eigenvalue weighted by atomic mass is 16.4. The first-order chi connectivity index (χ1) is 8.11. The minimum Gasteiger partial charge on any atom is -0.481 e. The Morgan fingerprint density at radius 2 is 1.78 bits per heavy atom. The van der Waals surface area contributed by atoms with E-state index in [1.165, 1.54) is 4.90 Å². The number of carbonyl (C=O) groups is 2. The SMILES string of the molecule is CC1C[C@H](C(=O)N(C)CC(C)(C)O)[C@H](C(=O)O)C1. The summed E-state index contributed by atoms with van der Waals surface area (Å²) in [7, 11) is 1.61. The molecule has 104 valence electrons. The molecule has 1 amide bonds. The summed E-state index contributed by atoms with van der Waals surface area (Å²) in [6.45, 7) is 5.44. The first kappa shape index (κ1) is 15.0. The Balaban J connectivity index is 2.73. The Kier molecular flexibility index (Phi) is 4.37. The zero-order chi connectivity index (χ0) is 14.1. The Bertz CT molecular complexity index is 334. The molecule has 5 nitrogen and oxygen atoms in total. The van der Waals surface area contributed by atoms with Crippen LogP contribution in [-0.2, 0) is 9.59 Å². The van der Waals surface area contributed by atoms with Gasteiger partial charge in [-0.3, -0.25) is 9.59 Å². The van der Waals surface area contributed by atoms with Crippen molar-refractivity contribution in [3.63, 3.8) is 0 Å². The standard InChI is InChI=1S/C13H23NO4/c1-8-5-9(10(6-8)12(16)17)11(15)14(4)7-13(2,3)18/h8-10,18H,5-7H2,1-4H3,(H,16,17)/t8?,9-,10+/m0/s1. The Morgan fingerprint density at radius 1 is 1.28 bits per heavy atom. The minimum absolute atomic E-state index is 0.172. The van der Waals surface area contributed by atoms with Crippen molar-refractivity contribution >= 4 is 11.9 Å². The van der Waals surface area contributed by atoms with E-state index >= 15 is 0 Å². The van der Waals surface area contributed by atoms with Gasteiger partial charge in [-0.05, 0) is 32.6 Å². The van der Waals surface area contributed by atoms with Gasteiger partial charge in [-0.15, -0.1) is 0 Å². The third-order valence-electron chi connectivity index (χ3n) is 3.43. The molecule has 0 heterocycles. The molecule has 3 atom stereocenters. The number of hydrogen-bond acceptors (Lipinski definition) is 3. The highest BCUT2D eigenvalue weighted by Gasteiger charge is 2.42. The van der Waals surface area contributed by atoms with Gasteiger partial charge >= 0.3 is 5.97 Å². The predicted molar refractivity (Wildman–Crippen MR) is 66.9 cm³/mol. The number of carboxylic acid groups (broad SMARTS) is 1. The second-order valence-corrected chi connectivity index (χ2v) is 6.13. The molecule has 1 unspecified atom stereocenters. The summed E-state index contributed by atoms with van der Waals surface area (Å²) in [6.07, 6.45) is 1.17. The monoisotopic (exact) mass is 257 g/mol. The Labute approximate surface area is 108 Å². The number of carboxylic acids is 1. The molecule has 1 aliphatic carbocycles. The van der Waals surface area contributed by atoms with E-state index in [4.69, 9.17) is 5.11 Å². The van der Waals surface area contributed by atoms with E-state index in [2.05, 4.69) is 0 Å². The van der Waals surface area contributed by atoms with Gasteiger partial charge in [0.25, 0.3) is 0 Å². The van der Waals surface area contributed by atoms with Gasteiger partial charge < -0.3 is 15.1 Å². The topological polar surface area (TPSA) is 77.8 Å². The summed E-state index contributed by atoms with van der Waals surface area (Å²) in [5.41, 5.74) is -0.965. The van der Waals surface area contributed by atoms with Crippen LogP contribution in [0.2, 0.25) is 0 Å². The summed E-state index contributed by atoms with van der Waals surface area (Å²) >= 11 is 0. The fraction of sp³-hybridized carbons (Fsp3) is 0.846. The number of carbonyl (C=O) groups excluding carboxylic acids is 1. The molecule has 0 radical (unpaired) electrons. The Hall–Kier alpha value is -1.10. The lowest BCUT2D eigenvalue weighted by Gasteiger charge is -2.28. The quantitative estimate of drug-likeness (QED) is 0.786. The lowest BCUT2D eigenvalue weighted by Crippen LogP contribution is -2.43. The van der Waals surface area contributed by atoms with Crippen molar-refractivity contribution in [3.05, 3.63) is 0 Å². The van der Waals surface area contributed by atoms with Crippen LogP contribution in [-0.4, -0.2) is 46.2 Å². The zero-order valence-corrected chi connectivity index (χ0v) is 11.5. The van der Waals surface area contributed by atoms with Gasteiger partial charge in [-0.2, -0.15) is 0 Å². The van der Waals surface area contributed by atoms with Crippen molar-refractivity contribution in [3.8, 4) is 0 Å². The number of amides is 1. The highest BCUT2D eigenvalue weighted by Crippen LogP contribution is 2.37. The molecule has 1 fully saturated rings. The van der Waals surface area contributed by atoms with E-state index in [1.807, 2.05) is 6.92 Å². The average molecular weight is 257 g/mol. The molecular formula is C13H23NO4. The number of nitrogens with zero attached hydrogens (tertiary/aromatic N) is 1. The largest absolute Gasteiger partial charge is 0.481 e. The van der Waals surface area contributed by atoms with E-state index < -0.39 is 23.4 Å². The van der Waals surface area contributed by atoms with E-state index in [9.17, 15) is 14.7 Å². The van der Waals surface area contributed by atoms with Crippen molar-refractivity contribution in [1.82, 2.24) is 4.90 Å². The second-order valence-electron chi connectivity index (χ2n) is 6.13. The normalized spacial score (nSPS) is 28.2. The summed E-state index contributed by atoms with van der Waals surface area (Å²) < 4.78 is 0. The average Bonchev–Trinajstić information content (AvgIpc) is 2.56. The van der Waals surface area contributed by atoms with Gasteiger partial charge in [0.05, 0.1) is 17.4 Å². The Morgan fingerprint density at radius 3 is 2.22 bits per heavy atom. The fourth-order valence-corrected chi connectivity index (χ4v) is 2.78. The van der Waals surface area contributed by atoms with E-state index in [1.54, 1.807) is 20.9 Å². The maximum absolute atomic E-state index is 12.2. The summed E-state index contributed by atoms with van der Waals surface area (Å²) in [4.78, 5) is 24.8. The summed E-state index contributed by atoms with van der Waals surface area (Å²) in [5.74, 6) is -1.85. The molecular weight excluding hydrogens is 234 g/mol. The summed E-state index contributed by atoms with van der Waals surface area (Å²) in [6, 6.07) is 0. The molecule has 0 bridgehead atoms. The molecule has 1 aliphatic rings. The van der Waals surface area contributed by atoms with Crippen molar-refractivity contribution in [2.24, 2.45) is 17.8 Å².